The molecule has 0 saturated heterocycles. The lowest BCUT2D eigenvalue weighted by molar-refractivity contribution is -0.131. The summed E-state index contributed by atoms with van der Waals surface area (Å²) < 4.78 is 21.6. The topological polar surface area (TPSA) is 71.1 Å². The van der Waals surface area contributed by atoms with Crippen LogP contribution in [0.1, 0.15) is 27.7 Å². The zero-order chi connectivity index (χ0) is 18.3. The van der Waals surface area contributed by atoms with E-state index in [2.05, 4.69) is 13.2 Å². The average Bonchev–Trinajstić information content (AvgIpc) is 2.52. The molecule has 6 nitrogen and oxygen atoms in total. The Balaban J connectivity index is 3.35. The molecule has 0 atom stereocenters. The van der Waals surface area contributed by atoms with Gasteiger partial charge in [0, 0.05) is 11.1 Å². The number of carbonyl (C=O) groups excluding carboxylic acids is 2. The molecule has 0 radical (unpaired) electrons. The Kier molecular flexibility index (Phi) is 7.04. The van der Waals surface area contributed by atoms with Crippen LogP contribution in [0.3, 0.4) is 0 Å². The van der Waals surface area contributed by atoms with Crippen molar-refractivity contribution in [1.82, 2.24) is 0 Å². The molecule has 130 valence electrons. The predicted octanol–water partition coefficient (Wildman–Crippen LogP) is 3.45. The normalized spacial score (nSPS) is 9.83. The molecular formula is C18H22O6. The van der Waals surface area contributed by atoms with Crippen molar-refractivity contribution in [3.8, 4) is 23.0 Å². The Morgan fingerprint density at radius 1 is 0.833 bits per heavy atom. The summed E-state index contributed by atoms with van der Waals surface area (Å²) in [4.78, 5) is 23.5. The first-order chi connectivity index (χ1) is 11.3. The number of carbonyl (C=O) groups is 2. The molecule has 6 heteroatoms. The molecular weight excluding hydrogens is 312 g/mol. The number of rotatable bonds is 8. The highest BCUT2D eigenvalue weighted by Crippen LogP contribution is 2.45. The lowest BCUT2D eigenvalue weighted by Crippen LogP contribution is -2.12. The summed E-state index contributed by atoms with van der Waals surface area (Å²) in [5.74, 6) is -0.510. The summed E-state index contributed by atoms with van der Waals surface area (Å²) in [6.07, 6.45) is 0. The molecule has 1 aromatic rings. The van der Waals surface area contributed by atoms with Crippen LogP contribution >= 0.6 is 0 Å². The zero-order valence-corrected chi connectivity index (χ0v) is 14.4. The average molecular weight is 334 g/mol. The van der Waals surface area contributed by atoms with E-state index in [0.717, 1.165) is 0 Å². The van der Waals surface area contributed by atoms with Gasteiger partial charge in [-0.25, -0.2) is 9.59 Å². The van der Waals surface area contributed by atoms with E-state index in [0.29, 0.717) is 13.2 Å². The van der Waals surface area contributed by atoms with Gasteiger partial charge in [-0.1, -0.05) is 13.2 Å². The van der Waals surface area contributed by atoms with Gasteiger partial charge in [-0.2, -0.15) is 0 Å². The Morgan fingerprint density at radius 2 is 1.17 bits per heavy atom. The molecule has 0 N–H and O–H groups in total. The third kappa shape index (κ3) is 4.87. The second kappa shape index (κ2) is 8.76. The Hall–Kier alpha value is -2.76. The van der Waals surface area contributed by atoms with E-state index < -0.39 is 11.9 Å². The first kappa shape index (κ1) is 19.3. The van der Waals surface area contributed by atoms with Gasteiger partial charge in [-0.05, 0) is 39.8 Å². The molecule has 0 aromatic heterocycles. The fraction of sp³-hybridized carbons (Fsp3) is 0.333. The molecule has 0 unspecified atom stereocenters. The smallest absolute Gasteiger partial charge is 0.338 e. The Bertz CT molecular complexity index is 603. The monoisotopic (exact) mass is 334 g/mol. The van der Waals surface area contributed by atoms with Gasteiger partial charge in [0.25, 0.3) is 0 Å². The maximum Gasteiger partial charge on any atom is 0.338 e. The van der Waals surface area contributed by atoms with E-state index in [9.17, 15) is 9.59 Å². The molecule has 0 aliphatic rings. The lowest BCUT2D eigenvalue weighted by atomic mass is 10.2. The minimum absolute atomic E-state index is 0.156. The third-order valence-electron chi connectivity index (χ3n) is 2.72. The van der Waals surface area contributed by atoms with E-state index in [4.69, 9.17) is 18.9 Å². The van der Waals surface area contributed by atoms with Crippen LogP contribution in [-0.2, 0) is 9.59 Å². The molecule has 1 rings (SSSR count). The summed E-state index contributed by atoms with van der Waals surface area (Å²) in [7, 11) is 0. The summed E-state index contributed by atoms with van der Waals surface area (Å²) in [5.41, 5.74) is 0.487. The van der Waals surface area contributed by atoms with Crippen molar-refractivity contribution in [2.75, 3.05) is 13.2 Å². The van der Waals surface area contributed by atoms with Gasteiger partial charge >= 0.3 is 11.9 Å². The minimum atomic E-state index is -0.593. The second-order valence-corrected chi connectivity index (χ2v) is 4.93. The van der Waals surface area contributed by atoms with Crippen LogP contribution < -0.4 is 18.9 Å². The first-order valence-corrected chi connectivity index (χ1v) is 7.49. The van der Waals surface area contributed by atoms with Crippen molar-refractivity contribution in [3.63, 3.8) is 0 Å². The lowest BCUT2D eigenvalue weighted by Gasteiger charge is -2.18. The standard InChI is InChI=1S/C18H22O6/c1-7-21-15-13(23-17(19)11(3)4)9-10-14(16(15)22-8-2)24-18(20)12(5)6/h9-10H,3,5,7-8H2,1-2,4,6H3. The van der Waals surface area contributed by atoms with Crippen LogP contribution in [0, 0.1) is 0 Å². The van der Waals surface area contributed by atoms with Crippen LogP contribution in [0.2, 0.25) is 0 Å². The van der Waals surface area contributed by atoms with E-state index >= 15 is 0 Å². The summed E-state index contributed by atoms with van der Waals surface area (Å²) in [6, 6.07) is 2.94. The maximum absolute atomic E-state index is 11.8. The first-order valence-electron chi connectivity index (χ1n) is 7.49. The van der Waals surface area contributed by atoms with Gasteiger partial charge < -0.3 is 18.9 Å². The van der Waals surface area contributed by atoms with E-state index in [1.807, 2.05) is 0 Å². The number of hydrogen-bond acceptors (Lipinski definition) is 6. The van der Waals surface area contributed by atoms with Crippen molar-refractivity contribution in [2.45, 2.75) is 27.7 Å². The van der Waals surface area contributed by atoms with Crippen molar-refractivity contribution in [3.05, 3.63) is 36.4 Å². The van der Waals surface area contributed by atoms with Crippen molar-refractivity contribution >= 4 is 11.9 Å². The third-order valence-corrected chi connectivity index (χ3v) is 2.72. The van der Waals surface area contributed by atoms with Crippen molar-refractivity contribution in [2.24, 2.45) is 0 Å². The molecule has 1 aromatic carbocycles. The van der Waals surface area contributed by atoms with Gasteiger partial charge in [-0.15, -0.1) is 0 Å². The molecule has 0 aliphatic carbocycles. The van der Waals surface area contributed by atoms with Gasteiger partial charge in [0.1, 0.15) is 0 Å². The quantitative estimate of drug-likeness (QED) is 0.412. The molecule has 0 fully saturated rings. The second-order valence-electron chi connectivity index (χ2n) is 4.93. The maximum atomic E-state index is 11.8. The van der Waals surface area contributed by atoms with Gasteiger partial charge in [0.05, 0.1) is 13.2 Å². The SMILES string of the molecule is C=C(C)C(=O)Oc1ccc(OC(=O)C(=C)C)c(OCC)c1OCC. The van der Waals surface area contributed by atoms with Crippen LogP contribution in [0.15, 0.2) is 36.4 Å². The van der Waals surface area contributed by atoms with E-state index in [1.54, 1.807) is 13.8 Å². The van der Waals surface area contributed by atoms with Crippen molar-refractivity contribution < 1.29 is 28.5 Å². The number of esters is 2. The van der Waals surface area contributed by atoms with Gasteiger partial charge in [-0.3, -0.25) is 0 Å². The predicted molar refractivity (Wildman–Crippen MR) is 89.7 cm³/mol. The highest BCUT2D eigenvalue weighted by Gasteiger charge is 2.22. The molecule has 0 saturated carbocycles. The number of ether oxygens (including phenoxy) is 4. The molecule has 0 spiro atoms. The minimum Gasteiger partial charge on any atom is -0.487 e. The Labute approximate surface area is 141 Å². The van der Waals surface area contributed by atoms with Gasteiger partial charge in [0.15, 0.2) is 11.5 Å². The van der Waals surface area contributed by atoms with Crippen molar-refractivity contribution in [1.29, 1.82) is 0 Å². The Morgan fingerprint density at radius 3 is 1.42 bits per heavy atom. The van der Waals surface area contributed by atoms with Crippen LogP contribution in [0.4, 0.5) is 0 Å². The number of hydrogen-bond donors (Lipinski definition) is 0. The zero-order valence-electron chi connectivity index (χ0n) is 14.4. The summed E-state index contributed by atoms with van der Waals surface area (Å²) >= 11 is 0. The molecule has 0 aliphatic heterocycles. The fourth-order valence-corrected chi connectivity index (χ4v) is 1.62. The molecule has 0 heterocycles. The van der Waals surface area contributed by atoms with E-state index in [1.165, 1.54) is 26.0 Å². The van der Waals surface area contributed by atoms with Crippen LogP contribution in [0.5, 0.6) is 23.0 Å². The number of benzene rings is 1. The highest BCUT2D eigenvalue weighted by atomic mass is 16.6. The van der Waals surface area contributed by atoms with Crippen LogP contribution in [-0.4, -0.2) is 25.2 Å². The van der Waals surface area contributed by atoms with E-state index in [-0.39, 0.29) is 34.1 Å². The molecule has 24 heavy (non-hydrogen) atoms. The highest BCUT2D eigenvalue weighted by molar-refractivity contribution is 5.90. The molecule has 0 amide bonds. The summed E-state index contributed by atoms with van der Waals surface area (Å²) in [6.45, 7) is 14.3. The summed E-state index contributed by atoms with van der Waals surface area (Å²) in [5, 5.41) is 0. The fourth-order valence-electron chi connectivity index (χ4n) is 1.62. The largest absolute Gasteiger partial charge is 0.487 e. The van der Waals surface area contributed by atoms with Crippen LogP contribution in [0.25, 0.3) is 0 Å². The van der Waals surface area contributed by atoms with Gasteiger partial charge in [0.2, 0.25) is 11.5 Å². The molecule has 0 bridgehead atoms.